The largest absolute Gasteiger partial charge is 0.325 e. The highest BCUT2D eigenvalue weighted by atomic mass is 35.5. The summed E-state index contributed by atoms with van der Waals surface area (Å²) in [5.74, 6) is -0.110. The summed E-state index contributed by atoms with van der Waals surface area (Å²) in [4.78, 5) is 25.6. The van der Waals surface area contributed by atoms with Gasteiger partial charge >= 0.3 is 0 Å². The van der Waals surface area contributed by atoms with Crippen molar-refractivity contribution in [2.24, 2.45) is 0 Å². The summed E-state index contributed by atoms with van der Waals surface area (Å²) >= 11 is 6.17. The first-order valence-corrected chi connectivity index (χ1v) is 8.12. The molecular formula is C19H21ClN2O2. The Kier molecular flexibility index (Phi) is 6.12. The molecule has 2 aromatic rings. The second kappa shape index (κ2) is 8.08. The fraction of sp³-hybridized carbons (Fsp3) is 0.263. The van der Waals surface area contributed by atoms with Crippen LogP contribution in [-0.4, -0.2) is 29.7 Å². The molecule has 2 aromatic carbocycles. The number of rotatable bonds is 6. The average molecular weight is 345 g/mol. The normalized spacial score (nSPS) is 12.0. The van der Waals surface area contributed by atoms with Crippen LogP contribution in [0.3, 0.4) is 0 Å². The number of nitrogens with zero attached hydrogens (tertiary/aromatic N) is 1. The fourth-order valence-corrected chi connectivity index (χ4v) is 2.46. The van der Waals surface area contributed by atoms with E-state index in [1.165, 1.54) is 6.92 Å². The fourth-order valence-electron chi connectivity index (χ4n) is 2.27. The number of amides is 1. The van der Waals surface area contributed by atoms with E-state index in [0.717, 1.165) is 5.56 Å². The zero-order valence-corrected chi connectivity index (χ0v) is 14.8. The van der Waals surface area contributed by atoms with Crippen LogP contribution in [0, 0.1) is 0 Å². The van der Waals surface area contributed by atoms with Gasteiger partial charge in [0.2, 0.25) is 5.91 Å². The van der Waals surface area contributed by atoms with Gasteiger partial charge in [0.15, 0.2) is 5.78 Å². The lowest BCUT2D eigenvalue weighted by atomic mass is 10.1. The van der Waals surface area contributed by atoms with Crippen LogP contribution in [0.15, 0.2) is 48.5 Å². The Labute approximate surface area is 147 Å². The molecule has 0 saturated heterocycles. The highest BCUT2D eigenvalue weighted by molar-refractivity contribution is 6.31. The van der Waals surface area contributed by atoms with E-state index in [9.17, 15) is 9.59 Å². The van der Waals surface area contributed by atoms with Gasteiger partial charge in [0.05, 0.1) is 6.04 Å². The number of hydrogen-bond acceptors (Lipinski definition) is 3. The number of halogens is 1. The molecule has 24 heavy (non-hydrogen) atoms. The van der Waals surface area contributed by atoms with E-state index in [0.29, 0.717) is 22.8 Å². The van der Waals surface area contributed by atoms with Crippen molar-refractivity contribution in [1.29, 1.82) is 0 Å². The molecule has 0 aromatic heterocycles. The van der Waals surface area contributed by atoms with Crippen LogP contribution in [0.1, 0.15) is 29.8 Å². The van der Waals surface area contributed by atoms with E-state index in [2.05, 4.69) is 5.32 Å². The minimum Gasteiger partial charge on any atom is -0.325 e. The van der Waals surface area contributed by atoms with Crippen molar-refractivity contribution in [3.63, 3.8) is 0 Å². The van der Waals surface area contributed by atoms with Gasteiger partial charge in [-0.05, 0) is 56.8 Å². The maximum atomic E-state index is 12.4. The molecule has 0 fully saturated rings. The van der Waals surface area contributed by atoms with Crippen LogP contribution >= 0.6 is 11.6 Å². The van der Waals surface area contributed by atoms with Crippen molar-refractivity contribution in [3.8, 4) is 0 Å². The summed E-state index contributed by atoms with van der Waals surface area (Å²) in [7, 11) is 1.88. The van der Waals surface area contributed by atoms with Gasteiger partial charge in [-0.25, -0.2) is 0 Å². The van der Waals surface area contributed by atoms with Gasteiger partial charge in [-0.2, -0.15) is 0 Å². The van der Waals surface area contributed by atoms with E-state index < -0.39 is 0 Å². The predicted molar refractivity (Wildman–Crippen MR) is 97.5 cm³/mol. The Morgan fingerprint density at radius 3 is 2.33 bits per heavy atom. The molecule has 4 nitrogen and oxygen atoms in total. The second-order valence-corrected chi connectivity index (χ2v) is 6.21. The quantitative estimate of drug-likeness (QED) is 0.806. The number of Topliss-reactive ketones (excluding diaryl/α,β-unsaturated/α-hetero) is 1. The number of ketones is 1. The van der Waals surface area contributed by atoms with Crippen LogP contribution in [-0.2, 0) is 11.3 Å². The van der Waals surface area contributed by atoms with Crippen LogP contribution < -0.4 is 5.32 Å². The molecule has 0 aliphatic carbocycles. The molecule has 1 unspecified atom stereocenters. The predicted octanol–water partition coefficient (Wildman–Crippen LogP) is 4.00. The Morgan fingerprint density at radius 2 is 1.75 bits per heavy atom. The molecule has 0 heterocycles. The van der Waals surface area contributed by atoms with E-state index in [1.54, 1.807) is 24.3 Å². The summed E-state index contributed by atoms with van der Waals surface area (Å²) in [6.45, 7) is 3.94. The first-order valence-electron chi connectivity index (χ1n) is 7.74. The Hall–Kier alpha value is -2.17. The maximum Gasteiger partial charge on any atom is 0.241 e. The second-order valence-electron chi connectivity index (χ2n) is 5.81. The zero-order chi connectivity index (χ0) is 17.7. The van der Waals surface area contributed by atoms with E-state index >= 15 is 0 Å². The summed E-state index contributed by atoms with van der Waals surface area (Å²) in [6, 6.07) is 14.1. The number of carbonyl (C=O) groups excluding carboxylic acids is 2. The summed E-state index contributed by atoms with van der Waals surface area (Å²) in [5, 5.41) is 3.56. The number of likely N-dealkylation sites (N-methyl/N-ethyl adjacent to an activating group) is 1. The molecule has 1 N–H and O–H groups in total. The SMILES string of the molecule is CC(=O)c1ccc(NC(=O)C(C)N(C)Cc2ccccc2Cl)cc1. The van der Waals surface area contributed by atoms with Crippen molar-refractivity contribution in [2.75, 3.05) is 12.4 Å². The monoisotopic (exact) mass is 344 g/mol. The van der Waals surface area contributed by atoms with Crippen LogP contribution in [0.4, 0.5) is 5.69 Å². The van der Waals surface area contributed by atoms with E-state index in [1.807, 2.05) is 43.1 Å². The van der Waals surface area contributed by atoms with Gasteiger partial charge < -0.3 is 5.32 Å². The third kappa shape index (κ3) is 4.66. The topological polar surface area (TPSA) is 49.4 Å². The summed E-state index contributed by atoms with van der Waals surface area (Å²) < 4.78 is 0. The van der Waals surface area contributed by atoms with Gasteiger partial charge in [-0.1, -0.05) is 29.8 Å². The molecule has 0 spiro atoms. The van der Waals surface area contributed by atoms with Crippen LogP contribution in [0.2, 0.25) is 5.02 Å². The summed E-state index contributed by atoms with van der Waals surface area (Å²) in [6.07, 6.45) is 0. The number of anilines is 1. The number of carbonyl (C=O) groups is 2. The molecule has 2 rings (SSSR count). The molecule has 5 heteroatoms. The number of hydrogen-bond donors (Lipinski definition) is 1. The third-order valence-electron chi connectivity index (χ3n) is 3.98. The lowest BCUT2D eigenvalue weighted by molar-refractivity contribution is -0.120. The Morgan fingerprint density at radius 1 is 1.12 bits per heavy atom. The molecule has 0 aliphatic heterocycles. The van der Waals surface area contributed by atoms with Crippen LogP contribution in [0.5, 0.6) is 0 Å². The van der Waals surface area contributed by atoms with Gasteiger partial charge in [-0.3, -0.25) is 14.5 Å². The molecule has 1 atom stereocenters. The highest BCUT2D eigenvalue weighted by Gasteiger charge is 2.19. The maximum absolute atomic E-state index is 12.4. The van der Waals surface area contributed by atoms with Gasteiger partial charge in [0.25, 0.3) is 0 Å². The first kappa shape index (κ1) is 18.2. The molecule has 0 saturated carbocycles. The van der Waals surface area contributed by atoms with E-state index in [4.69, 9.17) is 11.6 Å². The Bertz CT molecular complexity index is 728. The van der Waals surface area contributed by atoms with Crippen molar-refractivity contribution >= 4 is 29.0 Å². The number of benzene rings is 2. The smallest absolute Gasteiger partial charge is 0.241 e. The Balaban J connectivity index is 1.98. The minimum atomic E-state index is -0.325. The zero-order valence-electron chi connectivity index (χ0n) is 14.0. The van der Waals surface area contributed by atoms with Gasteiger partial charge in [0.1, 0.15) is 0 Å². The standard InChI is InChI=1S/C19H21ClN2O2/c1-13(22(3)12-16-6-4-5-7-18(16)20)19(24)21-17-10-8-15(9-11-17)14(2)23/h4-11,13H,12H2,1-3H3,(H,21,24). The summed E-state index contributed by atoms with van der Waals surface area (Å²) in [5.41, 5.74) is 2.27. The van der Waals surface area contributed by atoms with Gasteiger partial charge in [-0.15, -0.1) is 0 Å². The van der Waals surface area contributed by atoms with Gasteiger partial charge in [0, 0.05) is 22.8 Å². The first-order chi connectivity index (χ1) is 11.4. The van der Waals surface area contributed by atoms with E-state index in [-0.39, 0.29) is 17.7 Å². The molecule has 0 radical (unpaired) electrons. The lowest BCUT2D eigenvalue weighted by Crippen LogP contribution is -2.39. The van der Waals surface area contributed by atoms with Crippen molar-refractivity contribution in [2.45, 2.75) is 26.4 Å². The lowest BCUT2D eigenvalue weighted by Gasteiger charge is -2.24. The average Bonchev–Trinajstić information content (AvgIpc) is 2.56. The van der Waals surface area contributed by atoms with Crippen molar-refractivity contribution in [3.05, 3.63) is 64.7 Å². The third-order valence-corrected chi connectivity index (χ3v) is 4.35. The molecule has 126 valence electrons. The molecule has 1 amide bonds. The van der Waals surface area contributed by atoms with Crippen LogP contribution in [0.25, 0.3) is 0 Å². The molecule has 0 aliphatic rings. The van der Waals surface area contributed by atoms with Crippen molar-refractivity contribution < 1.29 is 9.59 Å². The molecule has 0 bridgehead atoms. The van der Waals surface area contributed by atoms with Crippen molar-refractivity contribution in [1.82, 2.24) is 4.90 Å². The minimum absolute atomic E-state index is 0.000665. The highest BCUT2D eigenvalue weighted by Crippen LogP contribution is 2.18. The number of nitrogens with one attached hydrogen (secondary N) is 1. The molecular weight excluding hydrogens is 324 g/mol.